The van der Waals surface area contributed by atoms with Gasteiger partial charge in [0.2, 0.25) is 0 Å². The van der Waals surface area contributed by atoms with Crippen LogP contribution in [0.25, 0.3) is 98.1 Å². The van der Waals surface area contributed by atoms with Gasteiger partial charge in [-0.3, -0.25) is 0 Å². The Hall–Kier alpha value is -8.56. The van der Waals surface area contributed by atoms with E-state index in [1.54, 1.807) is 0 Å². The molecule has 1 heterocycles. The van der Waals surface area contributed by atoms with Gasteiger partial charge < -0.3 is 4.90 Å². The van der Waals surface area contributed by atoms with E-state index in [0.29, 0.717) is 0 Å². The van der Waals surface area contributed by atoms with Gasteiger partial charge in [-0.25, -0.2) is 0 Å². The first-order chi connectivity index (χ1) is 33.7. The van der Waals surface area contributed by atoms with Crippen LogP contribution in [0.5, 0.6) is 0 Å². The molecule has 0 aliphatic heterocycles. The van der Waals surface area contributed by atoms with Crippen molar-refractivity contribution in [2.45, 2.75) is 0 Å². The molecule has 0 unspecified atom stereocenters. The maximum atomic E-state index is 2.43. The highest BCUT2D eigenvalue weighted by Crippen LogP contribution is 2.47. The topological polar surface area (TPSA) is 3.24 Å². The number of hydrogen-bond donors (Lipinski definition) is 0. The quantitative estimate of drug-likeness (QED) is 0.132. The lowest BCUT2D eigenvalue weighted by atomic mass is 9.88. The van der Waals surface area contributed by atoms with E-state index in [1.165, 1.54) is 86.9 Å². The normalized spacial score (nSPS) is 11.2. The van der Waals surface area contributed by atoms with Gasteiger partial charge in [0, 0.05) is 37.1 Å². The molecule has 0 aliphatic carbocycles. The molecule has 2 heteroatoms. The Morgan fingerprint density at radius 2 is 0.618 bits per heavy atom. The monoisotopic (exact) mass is 883 g/mol. The third-order valence-corrected chi connectivity index (χ3v) is 14.3. The van der Waals surface area contributed by atoms with E-state index in [0.717, 1.165) is 28.2 Å². The minimum atomic E-state index is 1.07. The van der Waals surface area contributed by atoms with Gasteiger partial charge in [-0.1, -0.05) is 218 Å². The van der Waals surface area contributed by atoms with Crippen LogP contribution in [0, 0.1) is 0 Å². The van der Waals surface area contributed by atoms with Crippen molar-refractivity contribution in [3.05, 3.63) is 273 Å². The molecule has 12 aromatic rings. The Bertz CT molecular complexity index is 3650. The van der Waals surface area contributed by atoms with Crippen LogP contribution in [0.4, 0.5) is 17.1 Å². The summed E-state index contributed by atoms with van der Waals surface area (Å²) in [5.41, 5.74) is 20.0. The summed E-state index contributed by atoms with van der Waals surface area (Å²) < 4.78 is 2.63. The minimum Gasteiger partial charge on any atom is -0.310 e. The molecule has 0 bridgehead atoms. The van der Waals surface area contributed by atoms with Crippen molar-refractivity contribution in [2.75, 3.05) is 4.90 Å². The number of rotatable bonds is 10. The first-order valence-electron chi connectivity index (χ1n) is 23.2. The highest BCUT2D eigenvalue weighted by atomic mass is 32.1. The molecule has 0 saturated heterocycles. The van der Waals surface area contributed by atoms with Crippen molar-refractivity contribution < 1.29 is 0 Å². The summed E-state index contributed by atoms with van der Waals surface area (Å²) in [6, 6.07) is 99.3. The van der Waals surface area contributed by atoms with Crippen molar-refractivity contribution in [3.8, 4) is 77.9 Å². The molecule has 0 spiro atoms. The maximum Gasteiger partial charge on any atom is 0.0540 e. The van der Waals surface area contributed by atoms with Crippen LogP contribution in [0.15, 0.2) is 273 Å². The molecule has 1 nitrogen and oxygen atoms in total. The number of anilines is 3. The molecule has 1 aromatic heterocycles. The van der Waals surface area contributed by atoms with E-state index < -0.39 is 0 Å². The van der Waals surface area contributed by atoms with Gasteiger partial charge >= 0.3 is 0 Å². The molecular weight excluding hydrogens is 839 g/mol. The summed E-state index contributed by atoms with van der Waals surface area (Å²) >= 11 is 1.87. The smallest absolute Gasteiger partial charge is 0.0540 e. The van der Waals surface area contributed by atoms with Crippen molar-refractivity contribution in [1.82, 2.24) is 0 Å². The van der Waals surface area contributed by atoms with Crippen LogP contribution in [0.2, 0.25) is 0 Å². The zero-order chi connectivity index (χ0) is 45.2. The van der Waals surface area contributed by atoms with Crippen LogP contribution < -0.4 is 4.90 Å². The van der Waals surface area contributed by atoms with Crippen LogP contribution in [0.3, 0.4) is 0 Å². The first-order valence-corrected chi connectivity index (χ1v) is 24.1. The first kappa shape index (κ1) is 40.9. The van der Waals surface area contributed by atoms with Gasteiger partial charge in [-0.05, 0) is 127 Å². The molecule has 0 N–H and O–H groups in total. The fourth-order valence-electron chi connectivity index (χ4n) is 9.82. The van der Waals surface area contributed by atoms with E-state index in [1.807, 2.05) is 11.3 Å². The molecule has 68 heavy (non-hydrogen) atoms. The summed E-state index contributed by atoms with van der Waals surface area (Å²) in [6.07, 6.45) is 0. The fraction of sp³-hybridized carbons (Fsp3) is 0. The number of nitrogens with zero attached hydrogens (tertiary/aromatic N) is 1. The van der Waals surface area contributed by atoms with Gasteiger partial charge in [0.05, 0.1) is 5.69 Å². The second-order valence-corrected chi connectivity index (χ2v) is 18.3. The third-order valence-electron chi connectivity index (χ3n) is 13.1. The molecule has 11 aromatic carbocycles. The van der Waals surface area contributed by atoms with E-state index in [9.17, 15) is 0 Å². The molecule has 0 amide bonds. The Balaban J connectivity index is 1.00. The molecule has 0 radical (unpaired) electrons. The summed E-state index contributed by atoms with van der Waals surface area (Å²) in [5, 5.41) is 2.62. The van der Waals surface area contributed by atoms with Gasteiger partial charge in [-0.15, -0.1) is 11.3 Å². The molecule has 0 aliphatic rings. The molecule has 320 valence electrons. The maximum absolute atomic E-state index is 2.43. The van der Waals surface area contributed by atoms with Crippen LogP contribution in [0.1, 0.15) is 0 Å². The Kier molecular flexibility index (Phi) is 10.8. The highest BCUT2D eigenvalue weighted by molar-refractivity contribution is 7.26. The van der Waals surface area contributed by atoms with Gasteiger partial charge in [-0.2, -0.15) is 0 Å². The Labute approximate surface area is 402 Å². The molecule has 0 atom stereocenters. The SMILES string of the molecule is c1ccc(-c2cc(-c3ccccc3)cc(-c3ccc(N(c4ccc(-c5cccc6c5sc5ccccc56)cc4)c4ccccc4-c4ccccc4-c4ccccc4-c4ccccc4)cc3)c2)cc1. The number of hydrogen-bond acceptors (Lipinski definition) is 2. The second-order valence-electron chi connectivity index (χ2n) is 17.2. The van der Waals surface area contributed by atoms with Crippen molar-refractivity contribution in [3.63, 3.8) is 0 Å². The zero-order valence-electron chi connectivity index (χ0n) is 37.3. The summed E-state index contributed by atoms with van der Waals surface area (Å²) in [5.74, 6) is 0. The molecule has 0 saturated carbocycles. The lowest BCUT2D eigenvalue weighted by Crippen LogP contribution is -2.11. The number of benzene rings is 11. The summed E-state index contributed by atoms with van der Waals surface area (Å²) in [6.45, 7) is 0. The minimum absolute atomic E-state index is 1.07. The molecular formula is C66H45NS. The number of para-hydroxylation sites is 1. The predicted octanol–water partition coefficient (Wildman–Crippen LogP) is 19.2. The van der Waals surface area contributed by atoms with E-state index in [2.05, 4.69) is 278 Å². The summed E-state index contributed by atoms with van der Waals surface area (Å²) in [7, 11) is 0. The van der Waals surface area contributed by atoms with Crippen LogP contribution >= 0.6 is 11.3 Å². The lowest BCUT2D eigenvalue weighted by Gasteiger charge is -2.29. The van der Waals surface area contributed by atoms with Crippen molar-refractivity contribution in [1.29, 1.82) is 0 Å². The van der Waals surface area contributed by atoms with E-state index in [-0.39, 0.29) is 0 Å². The standard InChI is InChI=1S/C66H45NS/c1-4-19-46(20-5-1)51-43-52(47-21-6-2-7-22-47)45-53(44-51)48-35-39-54(40-36-48)67(55-41-37-50(38-42-55)57-31-18-32-63-62-30-15-17-34-65(62)68-66(57)63)64-33-16-14-29-61(64)60-28-13-12-27-59(60)58-26-11-10-25-56(58)49-23-8-3-9-24-49/h1-45H. The highest BCUT2D eigenvalue weighted by Gasteiger charge is 2.21. The predicted molar refractivity (Wildman–Crippen MR) is 292 cm³/mol. The molecule has 12 rings (SSSR count). The Morgan fingerprint density at radius 1 is 0.235 bits per heavy atom. The zero-order valence-corrected chi connectivity index (χ0v) is 38.2. The average molecular weight is 884 g/mol. The van der Waals surface area contributed by atoms with Crippen molar-refractivity contribution in [2.24, 2.45) is 0 Å². The van der Waals surface area contributed by atoms with Crippen LogP contribution in [-0.4, -0.2) is 0 Å². The van der Waals surface area contributed by atoms with Gasteiger partial charge in [0.1, 0.15) is 0 Å². The number of fused-ring (bicyclic) bond motifs is 3. The average Bonchev–Trinajstić information content (AvgIpc) is 3.81. The largest absolute Gasteiger partial charge is 0.310 e. The van der Waals surface area contributed by atoms with Gasteiger partial charge in [0.15, 0.2) is 0 Å². The van der Waals surface area contributed by atoms with Crippen molar-refractivity contribution >= 4 is 48.6 Å². The molecule has 0 fully saturated rings. The lowest BCUT2D eigenvalue weighted by molar-refractivity contribution is 1.28. The Morgan fingerprint density at radius 3 is 1.21 bits per heavy atom. The summed E-state index contributed by atoms with van der Waals surface area (Å²) in [4.78, 5) is 2.43. The van der Waals surface area contributed by atoms with Crippen LogP contribution in [-0.2, 0) is 0 Å². The van der Waals surface area contributed by atoms with E-state index >= 15 is 0 Å². The number of thiophene rings is 1. The van der Waals surface area contributed by atoms with E-state index in [4.69, 9.17) is 0 Å². The third kappa shape index (κ3) is 7.77. The fourth-order valence-corrected chi connectivity index (χ4v) is 11.1. The second kappa shape index (κ2) is 18.0. The van der Waals surface area contributed by atoms with Gasteiger partial charge in [0.25, 0.3) is 0 Å².